The Balaban J connectivity index is 2.53. The molecule has 2 rings (SSSR count). The third-order valence-electron chi connectivity index (χ3n) is 4.03. The van der Waals surface area contributed by atoms with E-state index in [1.807, 2.05) is 6.92 Å². The molecule has 0 aliphatic carbocycles. The molecule has 1 atom stereocenters. The summed E-state index contributed by atoms with van der Waals surface area (Å²) in [5.74, 6) is -0.278. The fourth-order valence-corrected chi connectivity index (χ4v) is 4.78. The van der Waals surface area contributed by atoms with Crippen molar-refractivity contribution >= 4 is 21.6 Å². The number of nitrogen functional groups attached to an aromatic ring is 1. The van der Waals surface area contributed by atoms with Crippen molar-refractivity contribution in [1.82, 2.24) is 9.62 Å². The molecule has 3 N–H and O–H groups in total. The van der Waals surface area contributed by atoms with Gasteiger partial charge in [-0.15, -0.1) is 0 Å². The first kappa shape index (κ1) is 15.8. The number of likely N-dealkylation sites (N-methyl/N-ethyl adjacent to an activating group) is 1. The molecule has 1 aromatic rings. The highest BCUT2D eigenvalue weighted by Crippen LogP contribution is 2.32. The molecular formula is C14H21N3O3S. The number of nitrogens with two attached hydrogens (primary N) is 1. The number of carbonyl (C=O) groups excluding carboxylic acids is 1. The minimum Gasteiger partial charge on any atom is -0.398 e. The molecule has 0 bridgehead atoms. The lowest BCUT2D eigenvalue weighted by Gasteiger charge is -2.24. The lowest BCUT2D eigenvalue weighted by molar-refractivity contribution is -0.123. The number of carbonyl (C=O) groups is 1. The van der Waals surface area contributed by atoms with Crippen LogP contribution in [0.15, 0.2) is 17.0 Å². The van der Waals surface area contributed by atoms with E-state index in [1.54, 1.807) is 19.1 Å². The smallest absolute Gasteiger partial charge is 0.246 e. The summed E-state index contributed by atoms with van der Waals surface area (Å²) in [5.41, 5.74) is 7.61. The van der Waals surface area contributed by atoms with Crippen molar-refractivity contribution in [3.8, 4) is 0 Å². The molecule has 21 heavy (non-hydrogen) atoms. The average molecular weight is 311 g/mol. The van der Waals surface area contributed by atoms with E-state index in [1.165, 1.54) is 11.4 Å². The highest BCUT2D eigenvalue weighted by atomic mass is 32.2. The van der Waals surface area contributed by atoms with Crippen LogP contribution in [0.4, 0.5) is 5.69 Å². The third kappa shape index (κ3) is 2.63. The minimum atomic E-state index is -3.78. The second-order valence-electron chi connectivity index (χ2n) is 5.31. The van der Waals surface area contributed by atoms with Crippen molar-refractivity contribution in [2.75, 3.05) is 19.3 Å². The molecule has 7 heteroatoms. The molecular weight excluding hydrogens is 290 g/mol. The van der Waals surface area contributed by atoms with Gasteiger partial charge in [-0.25, -0.2) is 8.42 Å². The molecule has 0 aromatic heterocycles. The van der Waals surface area contributed by atoms with Gasteiger partial charge in [0.1, 0.15) is 10.9 Å². The fraction of sp³-hybridized carbons (Fsp3) is 0.500. The molecule has 6 nitrogen and oxygen atoms in total. The van der Waals surface area contributed by atoms with E-state index < -0.39 is 16.1 Å². The van der Waals surface area contributed by atoms with E-state index in [4.69, 9.17) is 5.73 Å². The molecule has 0 radical (unpaired) electrons. The van der Waals surface area contributed by atoms with Gasteiger partial charge >= 0.3 is 0 Å². The fourth-order valence-electron chi connectivity index (χ4n) is 2.73. The van der Waals surface area contributed by atoms with Crippen LogP contribution in [0.2, 0.25) is 0 Å². The Bertz CT molecular complexity index is 670. The van der Waals surface area contributed by atoms with Gasteiger partial charge in [0.05, 0.1) is 5.69 Å². The van der Waals surface area contributed by atoms with Gasteiger partial charge in [0, 0.05) is 13.6 Å². The lowest BCUT2D eigenvalue weighted by Crippen LogP contribution is -2.45. The first-order valence-corrected chi connectivity index (χ1v) is 8.33. The Hall–Kier alpha value is -1.60. The molecule has 1 aromatic carbocycles. The van der Waals surface area contributed by atoms with Gasteiger partial charge in [-0.1, -0.05) is 6.07 Å². The number of benzene rings is 1. The number of sulfonamides is 1. The molecule has 1 aliphatic rings. The molecule has 1 unspecified atom stereocenters. The number of anilines is 1. The monoisotopic (exact) mass is 311 g/mol. The Morgan fingerprint density at radius 3 is 2.67 bits per heavy atom. The number of rotatable bonds is 3. The maximum absolute atomic E-state index is 12.9. The van der Waals surface area contributed by atoms with Gasteiger partial charge in [0.2, 0.25) is 15.9 Å². The molecule has 1 saturated heterocycles. The maximum atomic E-state index is 12.9. The predicted molar refractivity (Wildman–Crippen MR) is 81.3 cm³/mol. The number of nitrogens with zero attached hydrogens (tertiary/aromatic N) is 1. The van der Waals surface area contributed by atoms with Crippen molar-refractivity contribution in [2.24, 2.45) is 0 Å². The summed E-state index contributed by atoms with van der Waals surface area (Å²) < 4.78 is 27.1. The average Bonchev–Trinajstić information content (AvgIpc) is 2.92. The third-order valence-corrected chi connectivity index (χ3v) is 6.14. The van der Waals surface area contributed by atoms with Crippen LogP contribution in [0.25, 0.3) is 0 Å². The van der Waals surface area contributed by atoms with E-state index in [0.29, 0.717) is 24.9 Å². The second kappa shape index (κ2) is 5.65. The lowest BCUT2D eigenvalue weighted by atomic mass is 10.1. The zero-order chi connectivity index (χ0) is 15.8. The summed E-state index contributed by atoms with van der Waals surface area (Å²) in [5, 5.41) is 2.52. The zero-order valence-corrected chi connectivity index (χ0v) is 13.3. The molecule has 1 heterocycles. The van der Waals surface area contributed by atoms with E-state index in [2.05, 4.69) is 5.32 Å². The van der Waals surface area contributed by atoms with Crippen molar-refractivity contribution in [2.45, 2.75) is 37.6 Å². The second-order valence-corrected chi connectivity index (χ2v) is 7.14. The van der Waals surface area contributed by atoms with Gasteiger partial charge in [0.15, 0.2) is 0 Å². The Morgan fingerprint density at radius 1 is 1.38 bits per heavy atom. The molecule has 1 fully saturated rings. The number of nitrogens with one attached hydrogen (secondary N) is 1. The highest BCUT2D eigenvalue weighted by molar-refractivity contribution is 7.89. The van der Waals surface area contributed by atoms with Crippen molar-refractivity contribution in [3.05, 3.63) is 23.3 Å². The van der Waals surface area contributed by atoms with Crippen LogP contribution < -0.4 is 11.1 Å². The first-order valence-electron chi connectivity index (χ1n) is 6.89. The van der Waals surface area contributed by atoms with Crippen LogP contribution in [0.3, 0.4) is 0 Å². The standard InChI is InChI=1S/C14H21N3O3S/c1-9-6-7-11(15)13(10(9)2)21(19,20)17-8-4-5-12(17)14(18)16-3/h6-7,12H,4-5,8,15H2,1-3H3,(H,16,18). The minimum absolute atomic E-state index is 0.123. The van der Waals surface area contributed by atoms with Crippen LogP contribution in [-0.2, 0) is 14.8 Å². The Morgan fingerprint density at radius 2 is 2.05 bits per heavy atom. The van der Waals surface area contributed by atoms with Crippen LogP contribution in [0.1, 0.15) is 24.0 Å². The summed E-state index contributed by atoms with van der Waals surface area (Å²) in [7, 11) is -2.27. The summed E-state index contributed by atoms with van der Waals surface area (Å²) in [4.78, 5) is 12.0. The van der Waals surface area contributed by atoms with Crippen molar-refractivity contribution in [3.63, 3.8) is 0 Å². The quantitative estimate of drug-likeness (QED) is 0.807. The maximum Gasteiger partial charge on any atom is 0.246 e. The van der Waals surface area contributed by atoms with Crippen LogP contribution >= 0.6 is 0 Å². The highest BCUT2D eigenvalue weighted by Gasteiger charge is 2.40. The van der Waals surface area contributed by atoms with Gasteiger partial charge in [-0.2, -0.15) is 4.31 Å². The summed E-state index contributed by atoms with van der Waals surface area (Å²) in [6.07, 6.45) is 1.20. The SMILES string of the molecule is CNC(=O)C1CCCN1S(=O)(=O)c1c(N)ccc(C)c1C. The predicted octanol–water partition coefficient (Wildman–Crippen LogP) is 0.785. The van der Waals surface area contributed by atoms with Gasteiger partial charge in [0.25, 0.3) is 0 Å². The van der Waals surface area contributed by atoms with Crippen LogP contribution in [0.5, 0.6) is 0 Å². The number of hydrogen-bond acceptors (Lipinski definition) is 4. The molecule has 1 amide bonds. The van der Waals surface area contributed by atoms with Crippen molar-refractivity contribution in [1.29, 1.82) is 0 Å². The van der Waals surface area contributed by atoms with E-state index >= 15 is 0 Å². The van der Waals surface area contributed by atoms with Gasteiger partial charge in [-0.05, 0) is 43.9 Å². The molecule has 1 aliphatic heterocycles. The van der Waals surface area contributed by atoms with Crippen molar-refractivity contribution < 1.29 is 13.2 Å². The van der Waals surface area contributed by atoms with E-state index in [0.717, 1.165) is 5.56 Å². The van der Waals surface area contributed by atoms with Gasteiger partial charge in [-0.3, -0.25) is 4.79 Å². The van der Waals surface area contributed by atoms with Crippen LogP contribution in [-0.4, -0.2) is 38.3 Å². The van der Waals surface area contributed by atoms with Crippen LogP contribution in [0, 0.1) is 13.8 Å². The summed E-state index contributed by atoms with van der Waals surface area (Å²) in [6.45, 7) is 3.92. The van der Waals surface area contributed by atoms with E-state index in [9.17, 15) is 13.2 Å². The van der Waals surface area contributed by atoms with E-state index in [-0.39, 0.29) is 16.5 Å². The topological polar surface area (TPSA) is 92.5 Å². The summed E-state index contributed by atoms with van der Waals surface area (Å²) >= 11 is 0. The normalized spacial score (nSPS) is 19.7. The molecule has 116 valence electrons. The Kier molecular flexibility index (Phi) is 4.25. The van der Waals surface area contributed by atoms with Gasteiger partial charge < -0.3 is 11.1 Å². The number of hydrogen-bond donors (Lipinski definition) is 2. The number of amides is 1. The molecule has 0 saturated carbocycles. The summed E-state index contributed by atoms with van der Waals surface area (Å²) in [6, 6.07) is 2.74. The largest absolute Gasteiger partial charge is 0.398 e. The zero-order valence-electron chi connectivity index (χ0n) is 12.5. The number of aryl methyl sites for hydroxylation is 1. The first-order chi connectivity index (χ1) is 9.80. The Labute approximate surface area is 125 Å². The molecule has 0 spiro atoms.